The minimum atomic E-state index is -4.19. The summed E-state index contributed by atoms with van der Waals surface area (Å²) in [4.78, 5) is 28.2. The zero-order valence-electron chi connectivity index (χ0n) is 22.0. The maximum Gasteiger partial charge on any atom is 0.264 e. The molecule has 39 heavy (non-hydrogen) atoms. The average molecular weight is 611 g/mol. The van der Waals surface area contributed by atoms with Gasteiger partial charge < -0.3 is 10.2 Å². The monoisotopic (exact) mass is 609 g/mol. The Kier molecular flexibility index (Phi) is 10.3. The molecule has 0 aliphatic carbocycles. The summed E-state index contributed by atoms with van der Waals surface area (Å²) in [6.45, 7) is 4.81. The van der Waals surface area contributed by atoms with Crippen molar-refractivity contribution in [1.82, 2.24) is 10.2 Å². The van der Waals surface area contributed by atoms with Crippen LogP contribution in [-0.4, -0.2) is 44.8 Å². The lowest BCUT2D eigenvalue weighted by atomic mass is 10.1. The van der Waals surface area contributed by atoms with Crippen LogP contribution in [0.15, 0.2) is 65.6 Å². The van der Waals surface area contributed by atoms with E-state index in [1.165, 1.54) is 30.1 Å². The third-order valence-electron chi connectivity index (χ3n) is 6.30. The molecule has 0 heterocycles. The van der Waals surface area contributed by atoms with E-state index >= 15 is 0 Å². The van der Waals surface area contributed by atoms with Crippen LogP contribution in [0.25, 0.3) is 0 Å². The second-order valence-corrected chi connectivity index (χ2v) is 12.2. The number of likely N-dealkylation sites (N-methyl/N-ethyl adjacent to an activating group) is 1. The van der Waals surface area contributed by atoms with Gasteiger partial charge in [0.15, 0.2) is 0 Å². The summed E-state index contributed by atoms with van der Waals surface area (Å²) < 4.78 is 28.9. The molecule has 1 N–H and O–H groups in total. The Hall–Kier alpha value is -2.78. The first kappa shape index (κ1) is 30.8. The first-order valence-corrected chi connectivity index (χ1v) is 14.8. The summed E-state index contributed by atoms with van der Waals surface area (Å²) in [6, 6.07) is 15.3. The second-order valence-electron chi connectivity index (χ2n) is 9.06. The predicted octanol–water partition coefficient (Wildman–Crippen LogP) is 6.01. The summed E-state index contributed by atoms with van der Waals surface area (Å²) in [7, 11) is -2.71. The maximum atomic E-state index is 14.0. The van der Waals surface area contributed by atoms with Crippen LogP contribution in [0.1, 0.15) is 30.0 Å². The number of amides is 2. The van der Waals surface area contributed by atoms with Gasteiger partial charge in [0.2, 0.25) is 11.8 Å². The average Bonchev–Trinajstić information content (AvgIpc) is 2.90. The van der Waals surface area contributed by atoms with Crippen molar-refractivity contribution in [3.63, 3.8) is 0 Å². The van der Waals surface area contributed by atoms with E-state index < -0.39 is 28.5 Å². The van der Waals surface area contributed by atoms with Crippen molar-refractivity contribution in [1.29, 1.82) is 0 Å². The first-order valence-electron chi connectivity index (χ1n) is 12.2. The summed E-state index contributed by atoms with van der Waals surface area (Å²) in [5.74, 6) is -0.954. The molecule has 0 saturated carbocycles. The van der Waals surface area contributed by atoms with Crippen molar-refractivity contribution < 1.29 is 18.0 Å². The van der Waals surface area contributed by atoms with Crippen LogP contribution in [0.5, 0.6) is 0 Å². The van der Waals surface area contributed by atoms with Crippen molar-refractivity contribution in [3.8, 4) is 0 Å². The number of carbonyl (C=O) groups is 2. The molecule has 0 saturated heterocycles. The van der Waals surface area contributed by atoms with Gasteiger partial charge in [-0.05, 0) is 67.8 Å². The highest BCUT2D eigenvalue weighted by Gasteiger charge is 2.34. The molecule has 0 aliphatic rings. The zero-order valence-corrected chi connectivity index (χ0v) is 25.1. The second kappa shape index (κ2) is 13.0. The lowest BCUT2D eigenvalue weighted by molar-refractivity contribution is -0.140. The number of nitrogens with zero attached hydrogens (tertiary/aromatic N) is 2. The van der Waals surface area contributed by atoms with Gasteiger partial charge in [-0.2, -0.15) is 0 Å². The molecular weight excluding hydrogens is 581 g/mol. The third kappa shape index (κ3) is 7.25. The maximum absolute atomic E-state index is 14.0. The first-order chi connectivity index (χ1) is 18.4. The van der Waals surface area contributed by atoms with Crippen LogP contribution in [0.3, 0.4) is 0 Å². The molecule has 7 nitrogen and oxygen atoms in total. The van der Waals surface area contributed by atoms with Crippen LogP contribution in [0, 0.1) is 13.8 Å². The molecule has 0 unspecified atom stereocenters. The van der Waals surface area contributed by atoms with Gasteiger partial charge in [-0.25, -0.2) is 8.42 Å². The lowest BCUT2D eigenvalue weighted by Crippen LogP contribution is -2.51. The number of sulfonamides is 1. The van der Waals surface area contributed by atoms with Gasteiger partial charge in [0.25, 0.3) is 10.0 Å². The number of halogens is 3. The Morgan fingerprint density at radius 1 is 0.923 bits per heavy atom. The Morgan fingerprint density at radius 2 is 1.59 bits per heavy atom. The molecule has 0 fully saturated rings. The summed E-state index contributed by atoms with van der Waals surface area (Å²) >= 11 is 18.5. The molecule has 208 valence electrons. The molecular formula is C28H30Cl3N3O4S. The SMILES string of the molecule is CC[C@H](C(=O)NC)N(Cc1ccc(Cl)c(Cl)c1)C(=O)CN(c1cc(Cl)ccc1C)S(=O)(=O)c1ccc(C)cc1. The Labute approximate surface area is 244 Å². The van der Waals surface area contributed by atoms with Crippen LogP contribution < -0.4 is 9.62 Å². The van der Waals surface area contributed by atoms with Crippen molar-refractivity contribution in [2.75, 3.05) is 17.9 Å². The number of rotatable bonds is 10. The third-order valence-corrected chi connectivity index (χ3v) is 9.05. The Morgan fingerprint density at radius 3 is 2.18 bits per heavy atom. The van der Waals surface area contributed by atoms with Crippen LogP contribution in [0.2, 0.25) is 15.1 Å². The topological polar surface area (TPSA) is 86.8 Å². The molecule has 0 aromatic heterocycles. The van der Waals surface area contributed by atoms with Crippen molar-refractivity contribution in [2.45, 2.75) is 44.7 Å². The molecule has 1 atom stereocenters. The number of benzene rings is 3. The van der Waals surface area contributed by atoms with E-state index in [1.54, 1.807) is 56.3 Å². The van der Waals surface area contributed by atoms with E-state index in [-0.39, 0.29) is 23.0 Å². The lowest BCUT2D eigenvalue weighted by Gasteiger charge is -2.33. The van der Waals surface area contributed by atoms with Gasteiger partial charge in [0, 0.05) is 18.6 Å². The zero-order chi connectivity index (χ0) is 28.9. The van der Waals surface area contributed by atoms with E-state index in [0.717, 1.165) is 9.87 Å². The minimum absolute atomic E-state index is 0.00853. The Bertz CT molecular complexity index is 1460. The van der Waals surface area contributed by atoms with Crippen molar-refractivity contribution in [3.05, 3.63) is 92.4 Å². The fourth-order valence-electron chi connectivity index (χ4n) is 4.12. The van der Waals surface area contributed by atoms with E-state index in [1.807, 2.05) is 6.92 Å². The number of nitrogens with one attached hydrogen (secondary N) is 1. The number of hydrogen-bond donors (Lipinski definition) is 1. The number of carbonyl (C=O) groups excluding carboxylic acids is 2. The smallest absolute Gasteiger partial charge is 0.264 e. The molecule has 11 heteroatoms. The van der Waals surface area contributed by atoms with E-state index in [9.17, 15) is 18.0 Å². The van der Waals surface area contributed by atoms with Crippen LogP contribution in [0.4, 0.5) is 5.69 Å². The van der Waals surface area contributed by atoms with Gasteiger partial charge in [-0.15, -0.1) is 0 Å². The molecule has 3 rings (SSSR count). The molecule has 0 aliphatic heterocycles. The predicted molar refractivity (Wildman–Crippen MR) is 157 cm³/mol. The van der Waals surface area contributed by atoms with Gasteiger partial charge in [0.1, 0.15) is 12.6 Å². The van der Waals surface area contributed by atoms with Gasteiger partial charge >= 0.3 is 0 Å². The highest BCUT2D eigenvalue weighted by molar-refractivity contribution is 7.92. The number of anilines is 1. The highest BCUT2D eigenvalue weighted by atomic mass is 35.5. The quantitative estimate of drug-likeness (QED) is 0.305. The minimum Gasteiger partial charge on any atom is -0.357 e. The number of hydrogen-bond acceptors (Lipinski definition) is 4. The molecule has 0 bridgehead atoms. The molecule has 2 amide bonds. The summed E-state index contributed by atoms with van der Waals surface area (Å²) in [6.07, 6.45) is 0.299. The normalized spacial score (nSPS) is 12.1. The highest BCUT2D eigenvalue weighted by Crippen LogP contribution is 2.30. The largest absolute Gasteiger partial charge is 0.357 e. The van der Waals surface area contributed by atoms with E-state index in [2.05, 4.69) is 5.32 Å². The van der Waals surface area contributed by atoms with E-state index in [0.29, 0.717) is 32.6 Å². The molecule has 3 aromatic carbocycles. The standard InChI is InChI=1S/C28H30Cl3N3O4S/c1-5-25(28(36)32-4)33(16-20-9-13-23(30)24(31)14-20)27(35)17-34(26-15-21(29)10-8-19(26)3)39(37,38)22-11-6-18(2)7-12-22/h6-15,25H,5,16-17H2,1-4H3,(H,32,36)/t25-/m1/s1. The van der Waals surface area contributed by atoms with E-state index in [4.69, 9.17) is 34.8 Å². The Balaban J connectivity index is 2.11. The molecule has 3 aromatic rings. The van der Waals surface area contributed by atoms with Gasteiger partial charge in [-0.1, -0.05) is 71.6 Å². The van der Waals surface area contributed by atoms with Crippen LogP contribution in [-0.2, 0) is 26.2 Å². The summed E-state index contributed by atoms with van der Waals surface area (Å²) in [5, 5.41) is 3.56. The van der Waals surface area contributed by atoms with Gasteiger partial charge in [0.05, 0.1) is 20.6 Å². The fourth-order valence-corrected chi connectivity index (χ4v) is 6.08. The molecule has 0 spiro atoms. The summed E-state index contributed by atoms with van der Waals surface area (Å²) in [5.41, 5.74) is 2.39. The fraction of sp³-hybridized carbons (Fsp3) is 0.286. The molecule has 0 radical (unpaired) electrons. The number of aryl methyl sites for hydroxylation is 2. The van der Waals surface area contributed by atoms with Crippen molar-refractivity contribution >= 4 is 62.3 Å². The van der Waals surface area contributed by atoms with Crippen LogP contribution >= 0.6 is 34.8 Å². The van der Waals surface area contributed by atoms with Gasteiger partial charge in [-0.3, -0.25) is 13.9 Å². The van der Waals surface area contributed by atoms with Crippen molar-refractivity contribution in [2.24, 2.45) is 0 Å².